The molecular weight excluding hydrogens is 263 g/mol. The van der Waals surface area contributed by atoms with Gasteiger partial charge < -0.3 is 4.57 Å². The van der Waals surface area contributed by atoms with Gasteiger partial charge in [-0.15, -0.1) is 11.6 Å². The molecule has 19 heavy (non-hydrogen) atoms. The van der Waals surface area contributed by atoms with Crippen LogP contribution in [0.5, 0.6) is 0 Å². The molecule has 1 aromatic carbocycles. The SMILES string of the molecule is CC1CCCCC1n1c(CCl)nc2c(F)cccc21. The summed E-state index contributed by atoms with van der Waals surface area (Å²) in [6.07, 6.45) is 4.87. The van der Waals surface area contributed by atoms with Crippen LogP contribution < -0.4 is 0 Å². The molecule has 2 unspecified atom stereocenters. The van der Waals surface area contributed by atoms with E-state index in [0.29, 0.717) is 23.4 Å². The van der Waals surface area contributed by atoms with Crippen LogP contribution in [-0.2, 0) is 5.88 Å². The van der Waals surface area contributed by atoms with Crippen LogP contribution in [0.2, 0.25) is 0 Å². The van der Waals surface area contributed by atoms with Crippen molar-refractivity contribution in [3.05, 3.63) is 29.8 Å². The van der Waals surface area contributed by atoms with Crippen molar-refractivity contribution in [2.45, 2.75) is 44.5 Å². The maximum absolute atomic E-state index is 13.9. The van der Waals surface area contributed by atoms with Crippen LogP contribution in [0, 0.1) is 11.7 Å². The van der Waals surface area contributed by atoms with Gasteiger partial charge in [-0.2, -0.15) is 0 Å². The Balaban J connectivity index is 2.18. The Kier molecular flexibility index (Phi) is 3.48. The van der Waals surface area contributed by atoms with Gasteiger partial charge in [-0.25, -0.2) is 9.37 Å². The van der Waals surface area contributed by atoms with Crippen LogP contribution in [0.15, 0.2) is 18.2 Å². The summed E-state index contributed by atoms with van der Waals surface area (Å²) < 4.78 is 16.0. The fourth-order valence-electron chi connectivity index (χ4n) is 3.28. The summed E-state index contributed by atoms with van der Waals surface area (Å²) in [5, 5.41) is 0. The van der Waals surface area contributed by atoms with Gasteiger partial charge in [-0.1, -0.05) is 25.8 Å². The second-order valence-electron chi connectivity index (χ2n) is 5.47. The van der Waals surface area contributed by atoms with Crippen LogP contribution in [0.3, 0.4) is 0 Å². The predicted molar refractivity (Wildman–Crippen MR) is 75.9 cm³/mol. The van der Waals surface area contributed by atoms with Crippen molar-refractivity contribution < 1.29 is 4.39 Å². The summed E-state index contributed by atoms with van der Waals surface area (Å²) in [6, 6.07) is 5.56. The molecule has 2 aromatic rings. The molecule has 2 nitrogen and oxygen atoms in total. The molecule has 0 amide bonds. The highest BCUT2D eigenvalue weighted by atomic mass is 35.5. The van der Waals surface area contributed by atoms with Crippen molar-refractivity contribution in [1.29, 1.82) is 0 Å². The predicted octanol–water partition coefficient (Wildman–Crippen LogP) is 4.67. The molecule has 0 radical (unpaired) electrons. The van der Waals surface area contributed by atoms with Gasteiger partial charge in [0.05, 0.1) is 11.4 Å². The third-order valence-corrected chi connectivity index (χ3v) is 4.50. The lowest BCUT2D eigenvalue weighted by Crippen LogP contribution is -2.22. The zero-order valence-corrected chi connectivity index (χ0v) is 11.8. The van der Waals surface area contributed by atoms with Gasteiger partial charge in [-0.3, -0.25) is 0 Å². The Morgan fingerprint density at radius 1 is 1.37 bits per heavy atom. The van der Waals surface area contributed by atoms with Gasteiger partial charge in [-0.05, 0) is 30.9 Å². The van der Waals surface area contributed by atoms with E-state index in [9.17, 15) is 4.39 Å². The van der Waals surface area contributed by atoms with E-state index in [4.69, 9.17) is 11.6 Å². The molecule has 4 heteroatoms. The summed E-state index contributed by atoms with van der Waals surface area (Å²) in [6.45, 7) is 2.27. The first-order valence-electron chi connectivity index (χ1n) is 6.93. The van der Waals surface area contributed by atoms with Crippen molar-refractivity contribution in [1.82, 2.24) is 9.55 Å². The fourth-order valence-corrected chi connectivity index (χ4v) is 3.46. The molecule has 1 saturated carbocycles. The number of fused-ring (bicyclic) bond motifs is 1. The Hall–Kier alpha value is -1.09. The molecule has 102 valence electrons. The number of benzene rings is 1. The summed E-state index contributed by atoms with van der Waals surface area (Å²) in [7, 11) is 0. The maximum Gasteiger partial charge on any atom is 0.151 e. The molecule has 0 spiro atoms. The highest BCUT2D eigenvalue weighted by Crippen LogP contribution is 2.37. The first kappa shape index (κ1) is 12.9. The first-order chi connectivity index (χ1) is 9.22. The Morgan fingerprint density at radius 2 is 2.16 bits per heavy atom. The Labute approximate surface area is 117 Å². The minimum Gasteiger partial charge on any atom is -0.323 e. The second-order valence-corrected chi connectivity index (χ2v) is 5.74. The van der Waals surface area contributed by atoms with E-state index in [1.54, 1.807) is 6.07 Å². The van der Waals surface area contributed by atoms with Crippen molar-refractivity contribution in [2.75, 3.05) is 0 Å². The monoisotopic (exact) mass is 280 g/mol. The Morgan fingerprint density at radius 3 is 2.89 bits per heavy atom. The van der Waals surface area contributed by atoms with Crippen LogP contribution in [-0.4, -0.2) is 9.55 Å². The average Bonchev–Trinajstić information content (AvgIpc) is 2.79. The third kappa shape index (κ3) is 2.14. The van der Waals surface area contributed by atoms with Gasteiger partial charge in [0.2, 0.25) is 0 Å². The fraction of sp³-hybridized carbons (Fsp3) is 0.533. The van der Waals surface area contributed by atoms with Gasteiger partial charge in [0.25, 0.3) is 0 Å². The second kappa shape index (κ2) is 5.12. The van der Waals surface area contributed by atoms with Gasteiger partial charge in [0, 0.05) is 6.04 Å². The van der Waals surface area contributed by atoms with Crippen molar-refractivity contribution in [3.8, 4) is 0 Å². The lowest BCUT2D eigenvalue weighted by atomic mass is 9.85. The molecule has 0 N–H and O–H groups in total. The molecule has 1 aliphatic carbocycles. The molecule has 0 bridgehead atoms. The first-order valence-corrected chi connectivity index (χ1v) is 7.47. The Bertz CT molecular complexity index is 593. The normalized spacial score (nSPS) is 23.9. The number of aromatic nitrogens is 2. The van der Waals surface area contributed by atoms with Crippen LogP contribution in [0.25, 0.3) is 11.0 Å². The lowest BCUT2D eigenvalue weighted by molar-refractivity contribution is 0.258. The minimum absolute atomic E-state index is 0.258. The van der Waals surface area contributed by atoms with Gasteiger partial charge >= 0.3 is 0 Å². The van der Waals surface area contributed by atoms with Gasteiger partial charge in [0.15, 0.2) is 5.82 Å². The molecule has 1 aliphatic rings. The minimum atomic E-state index is -0.258. The van der Waals surface area contributed by atoms with Crippen molar-refractivity contribution in [3.63, 3.8) is 0 Å². The number of imidazole rings is 1. The lowest BCUT2D eigenvalue weighted by Gasteiger charge is -2.31. The number of alkyl halides is 1. The molecule has 0 aliphatic heterocycles. The molecule has 1 fully saturated rings. The largest absolute Gasteiger partial charge is 0.323 e. The number of halogens is 2. The van der Waals surface area contributed by atoms with E-state index in [2.05, 4.69) is 16.5 Å². The quantitative estimate of drug-likeness (QED) is 0.731. The number of nitrogens with zero attached hydrogens (tertiary/aromatic N) is 2. The maximum atomic E-state index is 13.9. The van der Waals surface area contributed by atoms with Crippen molar-refractivity contribution >= 4 is 22.6 Å². The smallest absolute Gasteiger partial charge is 0.151 e. The van der Waals surface area contributed by atoms with E-state index < -0.39 is 0 Å². The average molecular weight is 281 g/mol. The highest BCUT2D eigenvalue weighted by Gasteiger charge is 2.27. The molecule has 1 heterocycles. The molecular formula is C15H18ClFN2. The highest BCUT2D eigenvalue weighted by molar-refractivity contribution is 6.16. The molecule has 1 aromatic heterocycles. The molecule has 0 saturated heterocycles. The van der Waals surface area contributed by atoms with Crippen molar-refractivity contribution in [2.24, 2.45) is 5.92 Å². The van der Waals surface area contributed by atoms with E-state index in [1.165, 1.54) is 25.3 Å². The van der Waals surface area contributed by atoms with Crippen LogP contribution in [0.1, 0.15) is 44.5 Å². The van der Waals surface area contributed by atoms with E-state index in [-0.39, 0.29) is 5.82 Å². The van der Waals surface area contributed by atoms with Crippen LogP contribution in [0.4, 0.5) is 4.39 Å². The molecule has 2 atom stereocenters. The third-order valence-electron chi connectivity index (χ3n) is 4.26. The summed E-state index contributed by atoms with van der Waals surface area (Å²) in [5.74, 6) is 1.46. The van der Waals surface area contributed by atoms with Gasteiger partial charge in [0.1, 0.15) is 11.3 Å². The summed E-state index contributed by atoms with van der Waals surface area (Å²) in [5.41, 5.74) is 1.34. The standard InChI is InChI=1S/C15H18ClFN2/c1-10-5-2-3-7-12(10)19-13-8-4-6-11(17)15(13)18-14(19)9-16/h4,6,8,10,12H,2-3,5,7,9H2,1H3. The van der Waals surface area contributed by atoms with E-state index >= 15 is 0 Å². The van der Waals surface area contributed by atoms with E-state index in [1.807, 2.05) is 6.07 Å². The van der Waals surface area contributed by atoms with Crippen LogP contribution >= 0.6 is 11.6 Å². The zero-order valence-electron chi connectivity index (χ0n) is 11.1. The zero-order chi connectivity index (χ0) is 13.4. The number of hydrogen-bond donors (Lipinski definition) is 0. The molecule has 3 rings (SSSR count). The number of para-hydroxylation sites is 1. The number of rotatable bonds is 2. The summed E-state index contributed by atoms with van der Waals surface area (Å²) >= 11 is 6.02. The van der Waals surface area contributed by atoms with E-state index in [0.717, 1.165) is 17.8 Å². The number of hydrogen-bond acceptors (Lipinski definition) is 1. The topological polar surface area (TPSA) is 17.8 Å². The summed E-state index contributed by atoms with van der Waals surface area (Å²) in [4.78, 5) is 4.40.